The second-order valence-corrected chi connectivity index (χ2v) is 7.05. The highest BCUT2D eigenvalue weighted by atomic mass is 16.5. The monoisotopic (exact) mass is 337 g/mol. The van der Waals surface area contributed by atoms with Crippen molar-refractivity contribution in [1.82, 2.24) is 9.97 Å². The van der Waals surface area contributed by atoms with Crippen LogP contribution in [-0.2, 0) is 0 Å². The molecule has 0 amide bonds. The molecule has 2 aliphatic carbocycles. The SMILES string of the molecule is O=C(O)c1ccc2c(n1)OCCN2c1cc(C2CC2)nc(C2CC2)c1. The molecule has 25 heavy (non-hydrogen) atoms. The van der Waals surface area contributed by atoms with Crippen LogP contribution < -0.4 is 9.64 Å². The maximum absolute atomic E-state index is 11.2. The summed E-state index contributed by atoms with van der Waals surface area (Å²) >= 11 is 0. The number of nitrogens with zero attached hydrogens (tertiary/aromatic N) is 3. The van der Waals surface area contributed by atoms with Crippen LogP contribution in [0.2, 0.25) is 0 Å². The van der Waals surface area contributed by atoms with Crippen LogP contribution in [0.15, 0.2) is 24.3 Å². The first-order chi connectivity index (χ1) is 12.2. The Morgan fingerprint density at radius 2 is 1.76 bits per heavy atom. The van der Waals surface area contributed by atoms with E-state index in [9.17, 15) is 4.79 Å². The minimum atomic E-state index is -1.04. The zero-order valence-electron chi connectivity index (χ0n) is 13.8. The van der Waals surface area contributed by atoms with Gasteiger partial charge in [-0.2, -0.15) is 0 Å². The first kappa shape index (κ1) is 14.7. The minimum Gasteiger partial charge on any atom is -0.477 e. The summed E-state index contributed by atoms with van der Waals surface area (Å²) < 4.78 is 5.61. The van der Waals surface area contributed by atoms with Gasteiger partial charge in [-0.25, -0.2) is 9.78 Å². The highest BCUT2D eigenvalue weighted by Crippen LogP contribution is 2.46. The molecule has 0 aromatic carbocycles. The number of rotatable bonds is 4. The molecule has 0 spiro atoms. The molecule has 0 atom stereocenters. The standard InChI is InChI=1S/C19H19N3O3/c23-19(24)14-5-6-17-18(21-14)25-8-7-22(17)13-9-15(11-1-2-11)20-16(10-13)12-3-4-12/h5-6,9-12H,1-4,7-8H2,(H,23,24). The van der Waals surface area contributed by atoms with Crippen LogP contribution in [0.5, 0.6) is 5.88 Å². The van der Waals surface area contributed by atoms with Crippen LogP contribution in [0.1, 0.15) is 59.4 Å². The number of aromatic nitrogens is 2. The van der Waals surface area contributed by atoms with Gasteiger partial charge >= 0.3 is 5.97 Å². The third-order valence-corrected chi connectivity index (χ3v) is 5.06. The Balaban J connectivity index is 1.57. The summed E-state index contributed by atoms with van der Waals surface area (Å²) in [5, 5.41) is 9.14. The molecule has 3 heterocycles. The van der Waals surface area contributed by atoms with Crippen molar-refractivity contribution in [2.24, 2.45) is 0 Å². The van der Waals surface area contributed by atoms with Crippen LogP contribution in [0.4, 0.5) is 11.4 Å². The first-order valence-electron chi connectivity index (χ1n) is 8.85. The van der Waals surface area contributed by atoms with Gasteiger partial charge in [0, 0.05) is 28.9 Å². The molecule has 128 valence electrons. The number of carbonyl (C=O) groups is 1. The maximum Gasteiger partial charge on any atom is 0.354 e. The molecule has 0 radical (unpaired) electrons. The highest BCUT2D eigenvalue weighted by molar-refractivity contribution is 5.86. The molecule has 2 aromatic heterocycles. The lowest BCUT2D eigenvalue weighted by molar-refractivity contribution is 0.0689. The van der Waals surface area contributed by atoms with Crippen LogP contribution in [0, 0.1) is 0 Å². The number of carboxylic acids is 1. The summed E-state index contributed by atoms with van der Waals surface area (Å²) in [6.45, 7) is 1.21. The Hall–Kier alpha value is -2.63. The van der Waals surface area contributed by atoms with Gasteiger partial charge in [0.2, 0.25) is 5.88 Å². The Bertz CT molecular complexity index is 829. The van der Waals surface area contributed by atoms with Gasteiger partial charge in [-0.15, -0.1) is 0 Å². The maximum atomic E-state index is 11.2. The van der Waals surface area contributed by atoms with Gasteiger partial charge in [0.05, 0.1) is 6.54 Å². The van der Waals surface area contributed by atoms with Crippen LogP contribution in [-0.4, -0.2) is 34.2 Å². The predicted molar refractivity (Wildman–Crippen MR) is 91.9 cm³/mol. The molecule has 6 heteroatoms. The van der Waals surface area contributed by atoms with E-state index >= 15 is 0 Å². The van der Waals surface area contributed by atoms with Crippen molar-refractivity contribution in [2.75, 3.05) is 18.1 Å². The number of ether oxygens (including phenoxy) is 1. The van der Waals surface area contributed by atoms with Gasteiger partial charge in [-0.1, -0.05) is 0 Å². The number of anilines is 2. The lowest BCUT2D eigenvalue weighted by Crippen LogP contribution is -2.29. The second-order valence-electron chi connectivity index (χ2n) is 7.05. The Morgan fingerprint density at radius 3 is 2.36 bits per heavy atom. The lowest BCUT2D eigenvalue weighted by atomic mass is 10.1. The zero-order chi connectivity index (χ0) is 17.0. The third-order valence-electron chi connectivity index (χ3n) is 5.06. The lowest BCUT2D eigenvalue weighted by Gasteiger charge is -2.31. The van der Waals surface area contributed by atoms with Crippen molar-refractivity contribution >= 4 is 17.3 Å². The van der Waals surface area contributed by atoms with Crippen LogP contribution >= 0.6 is 0 Å². The van der Waals surface area contributed by atoms with E-state index in [-0.39, 0.29) is 5.69 Å². The third kappa shape index (κ3) is 2.71. The average molecular weight is 337 g/mol. The Labute approximate surface area is 145 Å². The fraction of sp³-hybridized carbons (Fsp3) is 0.421. The van der Waals surface area contributed by atoms with Crippen molar-refractivity contribution in [1.29, 1.82) is 0 Å². The predicted octanol–water partition coefficient (Wildman–Crippen LogP) is 3.46. The highest BCUT2D eigenvalue weighted by Gasteiger charge is 2.32. The summed E-state index contributed by atoms with van der Waals surface area (Å²) in [5.74, 6) is 0.555. The van der Waals surface area contributed by atoms with E-state index in [1.165, 1.54) is 43.1 Å². The molecule has 1 aliphatic heterocycles. The van der Waals surface area contributed by atoms with E-state index in [0.717, 1.165) is 17.9 Å². The second kappa shape index (κ2) is 5.44. The van der Waals surface area contributed by atoms with Crippen molar-refractivity contribution in [3.8, 4) is 5.88 Å². The summed E-state index contributed by atoms with van der Waals surface area (Å²) in [6.07, 6.45) is 4.90. The normalized spacial score (nSPS) is 19.3. The van der Waals surface area contributed by atoms with Gasteiger partial charge in [-0.3, -0.25) is 4.98 Å². The van der Waals surface area contributed by atoms with Gasteiger partial charge in [0.25, 0.3) is 0 Å². The summed E-state index contributed by atoms with van der Waals surface area (Å²) in [7, 11) is 0. The molecule has 3 aliphatic rings. The molecule has 6 nitrogen and oxygen atoms in total. The number of fused-ring (bicyclic) bond motifs is 1. The summed E-state index contributed by atoms with van der Waals surface area (Å²) in [5.41, 5.74) is 4.34. The molecule has 0 bridgehead atoms. The Kier molecular flexibility index (Phi) is 3.20. The smallest absolute Gasteiger partial charge is 0.354 e. The fourth-order valence-corrected chi connectivity index (χ4v) is 3.38. The fourth-order valence-electron chi connectivity index (χ4n) is 3.38. The number of aromatic carboxylic acids is 1. The molecule has 5 rings (SSSR count). The molecule has 0 unspecified atom stereocenters. The molecule has 2 aromatic rings. The number of hydrogen-bond acceptors (Lipinski definition) is 5. The first-order valence-corrected chi connectivity index (χ1v) is 8.85. The molecule has 2 fully saturated rings. The molecule has 1 N–H and O–H groups in total. The average Bonchev–Trinajstić information content (AvgIpc) is 3.52. The zero-order valence-corrected chi connectivity index (χ0v) is 13.8. The van der Waals surface area contributed by atoms with E-state index in [1.54, 1.807) is 6.07 Å². The molecular weight excluding hydrogens is 318 g/mol. The number of carboxylic acid groups (broad SMARTS) is 1. The molecule has 2 saturated carbocycles. The van der Waals surface area contributed by atoms with E-state index in [4.69, 9.17) is 14.8 Å². The van der Waals surface area contributed by atoms with E-state index in [1.807, 2.05) is 0 Å². The topological polar surface area (TPSA) is 75.6 Å². The van der Waals surface area contributed by atoms with E-state index in [2.05, 4.69) is 22.0 Å². The molecular formula is C19H19N3O3. The van der Waals surface area contributed by atoms with Gasteiger partial charge < -0.3 is 14.7 Å². The van der Waals surface area contributed by atoms with Gasteiger partial charge in [0.1, 0.15) is 12.3 Å². The van der Waals surface area contributed by atoms with Crippen molar-refractivity contribution < 1.29 is 14.6 Å². The van der Waals surface area contributed by atoms with Crippen molar-refractivity contribution in [2.45, 2.75) is 37.5 Å². The van der Waals surface area contributed by atoms with Crippen LogP contribution in [0.3, 0.4) is 0 Å². The van der Waals surface area contributed by atoms with Crippen LogP contribution in [0.25, 0.3) is 0 Å². The quantitative estimate of drug-likeness (QED) is 0.921. The van der Waals surface area contributed by atoms with Crippen molar-refractivity contribution in [3.05, 3.63) is 41.3 Å². The minimum absolute atomic E-state index is 0.00710. The number of hydrogen-bond donors (Lipinski definition) is 1. The van der Waals surface area contributed by atoms with Gasteiger partial charge in [0.15, 0.2) is 5.69 Å². The van der Waals surface area contributed by atoms with Crippen molar-refractivity contribution in [3.63, 3.8) is 0 Å². The van der Waals surface area contributed by atoms with E-state index in [0.29, 0.717) is 24.3 Å². The molecule has 0 saturated heterocycles. The largest absolute Gasteiger partial charge is 0.477 e. The number of pyridine rings is 2. The summed E-state index contributed by atoms with van der Waals surface area (Å²) in [6, 6.07) is 7.69. The van der Waals surface area contributed by atoms with Gasteiger partial charge in [-0.05, 0) is 49.9 Å². The van der Waals surface area contributed by atoms with E-state index < -0.39 is 5.97 Å². The summed E-state index contributed by atoms with van der Waals surface area (Å²) in [4.78, 5) is 22.4. The Morgan fingerprint density at radius 1 is 1.08 bits per heavy atom.